The van der Waals surface area contributed by atoms with Gasteiger partial charge < -0.3 is 4.42 Å². The van der Waals surface area contributed by atoms with Crippen LogP contribution in [0.4, 0.5) is 0 Å². The van der Waals surface area contributed by atoms with Crippen molar-refractivity contribution in [2.24, 2.45) is 0 Å². The molecule has 0 aliphatic carbocycles. The van der Waals surface area contributed by atoms with Crippen LogP contribution in [0.2, 0.25) is 0 Å². The average molecular weight is 678 g/mol. The first-order valence-electron chi connectivity index (χ1n) is 17.8. The molecule has 0 radical (unpaired) electrons. The Bertz CT molecular complexity index is 2920. The fourth-order valence-corrected chi connectivity index (χ4v) is 7.27. The third-order valence-electron chi connectivity index (χ3n) is 9.92. The van der Waals surface area contributed by atoms with Crippen LogP contribution in [0.5, 0.6) is 0 Å². The Morgan fingerprint density at radius 2 is 0.811 bits per heavy atom. The zero-order valence-electron chi connectivity index (χ0n) is 28.6. The number of hydrogen-bond donors (Lipinski definition) is 0. The lowest BCUT2D eigenvalue weighted by molar-refractivity contribution is 0.673. The molecule has 8 aromatic carbocycles. The Morgan fingerprint density at radius 3 is 1.51 bits per heavy atom. The van der Waals surface area contributed by atoms with Crippen molar-refractivity contribution in [3.8, 4) is 67.5 Å². The molecule has 0 N–H and O–H groups in total. The van der Waals surface area contributed by atoms with Crippen LogP contribution in [-0.2, 0) is 0 Å². The molecule has 0 amide bonds. The van der Waals surface area contributed by atoms with Crippen molar-refractivity contribution in [2.45, 2.75) is 0 Å². The molecule has 0 fully saturated rings. The first kappa shape index (κ1) is 30.6. The zero-order valence-corrected chi connectivity index (χ0v) is 28.6. The highest BCUT2D eigenvalue weighted by atomic mass is 16.3. The number of aromatic nitrogens is 3. The number of nitrogens with zero attached hydrogens (tertiary/aromatic N) is 3. The molecular weight excluding hydrogens is 647 g/mol. The van der Waals surface area contributed by atoms with E-state index in [0.29, 0.717) is 17.5 Å². The van der Waals surface area contributed by atoms with Gasteiger partial charge in [-0.15, -0.1) is 0 Å². The Morgan fingerprint density at radius 1 is 0.321 bits per heavy atom. The Labute approximate surface area is 306 Å². The second kappa shape index (κ2) is 12.9. The van der Waals surface area contributed by atoms with Gasteiger partial charge in [0.05, 0.1) is 0 Å². The van der Waals surface area contributed by atoms with Crippen LogP contribution in [0.3, 0.4) is 0 Å². The van der Waals surface area contributed by atoms with Gasteiger partial charge >= 0.3 is 0 Å². The lowest BCUT2D eigenvalue weighted by Crippen LogP contribution is -2.00. The summed E-state index contributed by atoms with van der Waals surface area (Å²) in [7, 11) is 0. The summed E-state index contributed by atoms with van der Waals surface area (Å²) in [5.74, 6) is 1.87. The van der Waals surface area contributed by atoms with Crippen LogP contribution in [-0.4, -0.2) is 15.0 Å². The molecule has 2 aromatic heterocycles. The van der Waals surface area contributed by atoms with Gasteiger partial charge in [-0.05, 0) is 63.0 Å². The van der Waals surface area contributed by atoms with Crippen LogP contribution in [0, 0.1) is 0 Å². The largest absolute Gasteiger partial charge is 0.455 e. The number of fused-ring (bicyclic) bond motifs is 5. The fourth-order valence-electron chi connectivity index (χ4n) is 7.27. The molecule has 0 aliphatic heterocycles. The van der Waals surface area contributed by atoms with Crippen molar-refractivity contribution < 1.29 is 4.42 Å². The van der Waals surface area contributed by atoms with E-state index in [1.165, 1.54) is 11.1 Å². The number of para-hydroxylation sites is 1. The quantitative estimate of drug-likeness (QED) is 0.176. The maximum absolute atomic E-state index is 6.67. The van der Waals surface area contributed by atoms with E-state index in [2.05, 4.69) is 133 Å². The molecule has 10 rings (SSSR count). The van der Waals surface area contributed by atoms with Gasteiger partial charge in [0.15, 0.2) is 17.5 Å². The third kappa shape index (κ3) is 5.63. The van der Waals surface area contributed by atoms with Crippen LogP contribution < -0.4 is 0 Å². The van der Waals surface area contributed by atoms with Crippen LogP contribution in [0.25, 0.3) is 100 Å². The van der Waals surface area contributed by atoms with E-state index in [1.54, 1.807) is 0 Å². The van der Waals surface area contributed by atoms with Crippen molar-refractivity contribution in [1.29, 1.82) is 0 Å². The van der Waals surface area contributed by atoms with E-state index in [4.69, 9.17) is 19.4 Å². The van der Waals surface area contributed by atoms with Crippen molar-refractivity contribution >= 4 is 32.7 Å². The predicted molar refractivity (Wildman–Crippen MR) is 217 cm³/mol. The molecule has 0 atom stereocenters. The second-order valence-electron chi connectivity index (χ2n) is 13.2. The first-order chi connectivity index (χ1) is 26.2. The Balaban J connectivity index is 1.13. The lowest BCUT2D eigenvalue weighted by Gasteiger charge is -2.12. The van der Waals surface area contributed by atoms with E-state index < -0.39 is 0 Å². The standard InChI is InChI=1S/C49H31N3O/c1-4-13-32(14-5-1)34-23-25-36(26-24-34)48-50-47(35-17-8-3-9-18-35)51-49(52-48)40-20-12-19-38(29-40)42-31-39-28-27-37(33-15-6-2-7-16-33)30-43(39)46-45(42)41-21-10-11-22-44(41)53-46/h1-31H. The Hall–Kier alpha value is -7.17. The SMILES string of the molecule is c1ccc(-c2ccc(-c3nc(-c4ccccc4)nc(-c4cccc(-c5cc6ccc(-c7ccccc7)cc6c6oc7ccccc7c56)c4)n3)cc2)cc1. The summed E-state index contributed by atoms with van der Waals surface area (Å²) in [4.78, 5) is 15.1. The van der Waals surface area contributed by atoms with Gasteiger partial charge in [-0.25, -0.2) is 15.0 Å². The van der Waals surface area contributed by atoms with Gasteiger partial charge in [-0.3, -0.25) is 0 Å². The summed E-state index contributed by atoms with van der Waals surface area (Å²) in [5.41, 5.74) is 11.3. The summed E-state index contributed by atoms with van der Waals surface area (Å²) in [5, 5.41) is 4.38. The summed E-state index contributed by atoms with van der Waals surface area (Å²) < 4.78 is 6.67. The summed E-state index contributed by atoms with van der Waals surface area (Å²) in [6.07, 6.45) is 0. The maximum Gasteiger partial charge on any atom is 0.164 e. The summed E-state index contributed by atoms with van der Waals surface area (Å²) in [6.45, 7) is 0. The molecule has 0 aliphatic rings. The van der Waals surface area contributed by atoms with Gasteiger partial charge in [0.1, 0.15) is 11.2 Å². The van der Waals surface area contributed by atoms with E-state index in [9.17, 15) is 0 Å². The second-order valence-corrected chi connectivity index (χ2v) is 13.2. The maximum atomic E-state index is 6.67. The molecule has 2 heterocycles. The highest BCUT2D eigenvalue weighted by Gasteiger charge is 2.19. The highest BCUT2D eigenvalue weighted by molar-refractivity contribution is 6.21. The minimum absolute atomic E-state index is 0.615. The molecule has 4 nitrogen and oxygen atoms in total. The molecule has 0 unspecified atom stereocenters. The van der Waals surface area contributed by atoms with Crippen LogP contribution in [0.15, 0.2) is 192 Å². The van der Waals surface area contributed by atoms with E-state index in [0.717, 1.165) is 71.7 Å². The zero-order chi connectivity index (χ0) is 35.1. The van der Waals surface area contributed by atoms with Crippen molar-refractivity contribution in [1.82, 2.24) is 15.0 Å². The van der Waals surface area contributed by atoms with Gasteiger partial charge in [0.2, 0.25) is 0 Å². The van der Waals surface area contributed by atoms with E-state index >= 15 is 0 Å². The predicted octanol–water partition coefficient (Wildman–Crippen LogP) is 12.9. The van der Waals surface area contributed by atoms with Crippen LogP contribution in [0.1, 0.15) is 0 Å². The van der Waals surface area contributed by atoms with Crippen molar-refractivity contribution in [3.05, 3.63) is 188 Å². The van der Waals surface area contributed by atoms with Gasteiger partial charge in [-0.2, -0.15) is 0 Å². The summed E-state index contributed by atoms with van der Waals surface area (Å²) in [6, 6.07) is 65.1. The third-order valence-corrected chi connectivity index (χ3v) is 9.92. The number of hydrogen-bond acceptors (Lipinski definition) is 4. The molecule has 0 saturated carbocycles. The fraction of sp³-hybridized carbons (Fsp3) is 0. The van der Waals surface area contributed by atoms with Crippen molar-refractivity contribution in [3.63, 3.8) is 0 Å². The number of rotatable bonds is 6. The molecule has 0 spiro atoms. The van der Waals surface area contributed by atoms with Crippen LogP contribution >= 0.6 is 0 Å². The topological polar surface area (TPSA) is 51.8 Å². The minimum Gasteiger partial charge on any atom is -0.455 e. The monoisotopic (exact) mass is 677 g/mol. The van der Waals surface area contributed by atoms with Crippen molar-refractivity contribution in [2.75, 3.05) is 0 Å². The summed E-state index contributed by atoms with van der Waals surface area (Å²) >= 11 is 0. The molecule has 0 saturated heterocycles. The van der Waals surface area contributed by atoms with E-state index in [1.807, 2.05) is 54.6 Å². The normalized spacial score (nSPS) is 11.4. The number of furan rings is 1. The lowest BCUT2D eigenvalue weighted by atomic mass is 9.93. The molecule has 10 aromatic rings. The molecule has 53 heavy (non-hydrogen) atoms. The molecule has 248 valence electrons. The Kier molecular flexibility index (Phi) is 7.43. The average Bonchev–Trinajstić information content (AvgIpc) is 3.64. The molecular formula is C49H31N3O. The molecule has 4 heteroatoms. The van der Waals surface area contributed by atoms with Gasteiger partial charge in [0, 0.05) is 32.8 Å². The first-order valence-corrected chi connectivity index (χ1v) is 17.8. The highest BCUT2D eigenvalue weighted by Crippen LogP contribution is 2.43. The van der Waals surface area contributed by atoms with Gasteiger partial charge in [-0.1, -0.05) is 164 Å². The van der Waals surface area contributed by atoms with Gasteiger partial charge in [0.25, 0.3) is 0 Å². The number of benzene rings is 8. The van der Waals surface area contributed by atoms with E-state index in [-0.39, 0.29) is 0 Å². The minimum atomic E-state index is 0.615. The smallest absolute Gasteiger partial charge is 0.164 e. The molecule has 0 bridgehead atoms.